The molecule has 2 rings (SSSR count). The van der Waals surface area contributed by atoms with Crippen LogP contribution in [-0.2, 0) is 0 Å². The van der Waals surface area contributed by atoms with Gasteiger partial charge in [-0.2, -0.15) is 5.10 Å². The van der Waals surface area contributed by atoms with Gasteiger partial charge >= 0.3 is 0 Å². The number of fused-ring (bicyclic) bond motifs is 1. The summed E-state index contributed by atoms with van der Waals surface area (Å²) in [6.45, 7) is 6.36. The maximum atomic E-state index is 5.97. The average molecular weight is 224 g/mol. The summed E-state index contributed by atoms with van der Waals surface area (Å²) in [6.07, 6.45) is 0. The Labute approximate surface area is 93.8 Å². The molecule has 0 amide bonds. The molecule has 1 aromatic heterocycles. The van der Waals surface area contributed by atoms with Crippen LogP contribution in [0.2, 0.25) is 5.15 Å². The van der Waals surface area contributed by atoms with E-state index in [0.29, 0.717) is 5.15 Å². The second-order valence-electron chi connectivity index (χ2n) is 4.64. The topological polar surface area (TPSA) is 40.7 Å². The van der Waals surface area contributed by atoms with Crippen molar-refractivity contribution in [3.63, 3.8) is 0 Å². The molecule has 15 heavy (non-hydrogen) atoms. The molecule has 1 aromatic carbocycles. The quantitative estimate of drug-likeness (QED) is 0.778. The van der Waals surface area contributed by atoms with Gasteiger partial charge in [0.25, 0.3) is 0 Å². The second kappa shape index (κ2) is 3.42. The van der Waals surface area contributed by atoms with Crippen molar-refractivity contribution < 1.29 is 0 Å². The van der Waals surface area contributed by atoms with E-state index in [1.165, 1.54) is 0 Å². The van der Waals surface area contributed by atoms with Crippen molar-refractivity contribution >= 4 is 28.2 Å². The lowest BCUT2D eigenvalue weighted by molar-refractivity contribution is 0.634. The molecule has 1 heterocycles. The smallest absolute Gasteiger partial charge is 0.132 e. The number of H-pyrrole nitrogens is 1. The highest BCUT2D eigenvalue weighted by molar-refractivity contribution is 6.34. The van der Waals surface area contributed by atoms with Gasteiger partial charge in [0.1, 0.15) is 5.15 Å². The highest BCUT2D eigenvalue weighted by atomic mass is 35.5. The summed E-state index contributed by atoms with van der Waals surface area (Å²) in [5.74, 6) is 0. The first kappa shape index (κ1) is 10.3. The SMILES string of the molecule is CC(C)(C)Nc1ccc2n[nH]c(Cl)c2c1. The Morgan fingerprint density at radius 2 is 2.07 bits per heavy atom. The van der Waals surface area contributed by atoms with Gasteiger partial charge < -0.3 is 5.32 Å². The summed E-state index contributed by atoms with van der Waals surface area (Å²) in [5, 5.41) is 11.8. The zero-order valence-corrected chi connectivity index (χ0v) is 9.81. The third-order valence-corrected chi connectivity index (χ3v) is 2.31. The fourth-order valence-corrected chi connectivity index (χ4v) is 1.68. The zero-order valence-electron chi connectivity index (χ0n) is 9.06. The summed E-state index contributed by atoms with van der Waals surface area (Å²) < 4.78 is 0. The van der Waals surface area contributed by atoms with Crippen molar-refractivity contribution in [2.75, 3.05) is 5.32 Å². The molecule has 3 nitrogen and oxygen atoms in total. The number of anilines is 1. The van der Waals surface area contributed by atoms with Crippen LogP contribution in [0.4, 0.5) is 5.69 Å². The fraction of sp³-hybridized carbons (Fsp3) is 0.364. The minimum absolute atomic E-state index is 0.0455. The van der Waals surface area contributed by atoms with Crippen molar-refractivity contribution in [2.45, 2.75) is 26.3 Å². The molecule has 0 aliphatic rings. The molecule has 2 aromatic rings. The van der Waals surface area contributed by atoms with Gasteiger partial charge in [0.15, 0.2) is 0 Å². The number of rotatable bonds is 1. The van der Waals surface area contributed by atoms with Gasteiger partial charge in [-0.1, -0.05) is 11.6 Å². The number of hydrogen-bond donors (Lipinski definition) is 2. The van der Waals surface area contributed by atoms with Crippen molar-refractivity contribution in [3.05, 3.63) is 23.4 Å². The van der Waals surface area contributed by atoms with E-state index in [2.05, 4.69) is 36.3 Å². The Morgan fingerprint density at radius 1 is 1.33 bits per heavy atom. The molecule has 0 saturated carbocycles. The largest absolute Gasteiger partial charge is 0.380 e. The molecule has 0 saturated heterocycles. The van der Waals surface area contributed by atoms with Crippen LogP contribution in [0.25, 0.3) is 10.9 Å². The predicted octanol–water partition coefficient (Wildman–Crippen LogP) is 3.43. The number of benzene rings is 1. The molecule has 0 bridgehead atoms. The Balaban J connectivity index is 2.42. The third-order valence-electron chi connectivity index (χ3n) is 2.03. The van der Waals surface area contributed by atoms with Gasteiger partial charge in [0.05, 0.1) is 5.52 Å². The minimum atomic E-state index is 0.0455. The monoisotopic (exact) mass is 223 g/mol. The van der Waals surface area contributed by atoms with Crippen LogP contribution in [0.15, 0.2) is 18.2 Å². The van der Waals surface area contributed by atoms with E-state index in [1.54, 1.807) is 0 Å². The molecule has 0 unspecified atom stereocenters. The summed E-state index contributed by atoms with van der Waals surface area (Å²) in [6, 6.07) is 5.96. The lowest BCUT2D eigenvalue weighted by Crippen LogP contribution is -2.25. The normalized spacial score (nSPS) is 12.0. The van der Waals surface area contributed by atoms with Crippen molar-refractivity contribution in [1.82, 2.24) is 10.2 Å². The van der Waals surface area contributed by atoms with Crippen molar-refractivity contribution in [2.24, 2.45) is 0 Å². The first-order valence-electron chi connectivity index (χ1n) is 4.87. The van der Waals surface area contributed by atoms with E-state index in [-0.39, 0.29) is 5.54 Å². The molecule has 0 fully saturated rings. The molecule has 0 aliphatic heterocycles. The van der Waals surface area contributed by atoms with Gasteiger partial charge in [-0.3, -0.25) is 5.10 Å². The predicted molar refractivity (Wildman–Crippen MR) is 64.5 cm³/mol. The first-order valence-corrected chi connectivity index (χ1v) is 5.25. The Morgan fingerprint density at radius 3 is 2.73 bits per heavy atom. The molecule has 0 aliphatic carbocycles. The maximum Gasteiger partial charge on any atom is 0.132 e. The summed E-state index contributed by atoms with van der Waals surface area (Å²) in [5.41, 5.74) is 1.99. The van der Waals surface area contributed by atoms with Crippen LogP contribution in [0.5, 0.6) is 0 Å². The van der Waals surface area contributed by atoms with Gasteiger partial charge in [0.2, 0.25) is 0 Å². The van der Waals surface area contributed by atoms with Crippen molar-refractivity contribution in [3.8, 4) is 0 Å². The Bertz CT molecular complexity index is 482. The summed E-state index contributed by atoms with van der Waals surface area (Å²) in [4.78, 5) is 0. The molecular weight excluding hydrogens is 210 g/mol. The van der Waals surface area contributed by atoms with Crippen LogP contribution >= 0.6 is 11.6 Å². The van der Waals surface area contributed by atoms with E-state index < -0.39 is 0 Å². The van der Waals surface area contributed by atoms with Crippen LogP contribution in [-0.4, -0.2) is 15.7 Å². The van der Waals surface area contributed by atoms with E-state index in [9.17, 15) is 0 Å². The lowest BCUT2D eigenvalue weighted by atomic mass is 10.1. The molecule has 80 valence electrons. The number of aromatic amines is 1. The van der Waals surface area contributed by atoms with Crippen LogP contribution in [0.3, 0.4) is 0 Å². The molecule has 0 atom stereocenters. The Hall–Kier alpha value is -1.22. The summed E-state index contributed by atoms with van der Waals surface area (Å²) in [7, 11) is 0. The van der Waals surface area contributed by atoms with Crippen molar-refractivity contribution in [1.29, 1.82) is 0 Å². The molecular formula is C11H14ClN3. The van der Waals surface area contributed by atoms with E-state index in [4.69, 9.17) is 11.6 Å². The van der Waals surface area contributed by atoms with Crippen LogP contribution in [0.1, 0.15) is 20.8 Å². The first-order chi connectivity index (χ1) is 6.96. The molecule has 0 spiro atoms. The van der Waals surface area contributed by atoms with E-state index in [1.807, 2.05) is 18.2 Å². The second-order valence-corrected chi connectivity index (χ2v) is 5.02. The number of halogens is 1. The number of nitrogens with one attached hydrogen (secondary N) is 2. The van der Waals surface area contributed by atoms with Crippen LogP contribution in [0, 0.1) is 0 Å². The van der Waals surface area contributed by atoms with Gasteiger partial charge in [-0.05, 0) is 39.0 Å². The zero-order chi connectivity index (χ0) is 11.1. The molecule has 4 heteroatoms. The molecule has 0 radical (unpaired) electrons. The standard InChI is InChI=1S/C11H14ClN3/c1-11(2,3)13-7-4-5-9-8(6-7)10(12)15-14-9/h4-6,13H,1-3H3,(H,14,15). The third kappa shape index (κ3) is 2.23. The number of nitrogens with zero attached hydrogens (tertiary/aromatic N) is 1. The number of hydrogen-bond acceptors (Lipinski definition) is 2. The minimum Gasteiger partial charge on any atom is -0.380 e. The van der Waals surface area contributed by atoms with Crippen LogP contribution < -0.4 is 5.32 Å². The maximum absolute atomic E-state index is 5.97. The van der Waals surface area contributed by atoms with E-state index in [0.717, 1.165) is 16.6 Å². The highest BCUT2D eigenvalue weighted by Crippen LogP contribution is 2.25. The fourth-order valence-electron chi connectivity index (χ4n) is 1.49. The number of aromatic nitrogens is 2. The van der Waals surface area contributed by atoms with Gasteiger partial charge in [-0.15, -0.1) is 0 Å². The highest BCUT2D eigenvalue weighted by Gasteiger charge is 2.10. The average Bonchev–Trinajstić information content (AvgIpc) is 2.45. The summed E-state index contributed by atoms with van der Waals surface area (Å²) >= 11 is 5.97. The van der Waals surface area contributed by atoms with Gasteiger partial charge in [-0.25, -0.2) is 0 Å². The lowest BCUT2D eigenvalue weighted by Gasteiger charge is -2.22. The van der Waals surface area contributed by atoms with E-state index >= 15 is 0 Å². The van der Waals surface area contributed by atoms with Gasteiger partial charge in [0, 0.05) is 16.6 Å². The Kier molecular flexibility index (Phi) is 2.35. The molecule has 2 N–H and O–H groups in total.